The number of rotatable bonds is 5. The molecule has 1 aromatic carbocycles. The number of carbonyl (C=O) groups is 2. The summed E-state index contributed by atoms with van der Waals surface area (Å²) in [5, 5.41) is 17.4. The highest BCUT2D eigenvalue weighted by atomic mass is 16.4. The highest BCUT2D eigenvalue weighted by Crippen LogP contribution is 2.20. The minimum atomic E-state index is -1.07. The second kappa shape index (κ2) is 5.70. The quantitative estimate of drug-likeness (QED) is 0.743. The van der Waals surface area contributed by atoms with E-state index in [4.69, 9.17) is 10.2 Å². The Balaban J connectivity index is 2.77. The maximum atomic E-state index is 11.0. The molecule has 0 spiro atoms. The van der Waals surface area contributed by atoms with Gasteiger partial charge in [-0.25, -0.2) is 4.79 Å². The van der Waals surface area contributed by atoms with Crippen LogP contribution in [0, 0.1) is 0 Å². The van der Waals surface area contributed by atoms with Crippen LogP contribution in [0.15, 0.2) is 42.5 Å². The Bertz CT molecular complexity index is 395. The lowest BCUT2D eigenvalue weighted by molar-refractivity contribution is -0.139. The molecular formula is C12H12O4. The zero-order chi connectivity index (χ0) is 12.0. The van der Waals surface area contributed by atoms with Gasteiger partial charge in [0.25, 0.3) is 0 Å². The number of carboxylic acids is 2. The second-order valence-electron chi connectivity index (χ2n) is 3.28. The van der Waals surface area contributed by atoms with Crippen LogP contribution in [0.5, 0.6) is 0 Å². The number of hydrogen-bond acceptors (Lipinski definition) is 2. The summed E-state index contributed by atoms with van der Waals surface area (Å²) in [6, 6.07) is 8.74. The second-order valence-corrected chi connectivity index (χ2v) is 3.28. The molecule has 1 atom stereocenters. The van der Waals surface area contributed by atoms with E-state index in [0.717, 1.165) is 6.08 Å². The van der Waals surface area contributed by atoms with E-state index in [1.807, 2.05) is 0 Å². The molecule has 84 valence electrons. The molecule has 0 amide bonds. The molecule has 0 radical (unpaired) electrons. The van der Waals surface area contributed by atoms with Gasteiger partial charge in [-0.2, -0.15) is 0 Å². The van der Waals surface area contributed by atoms with Crippen LogP contribution in [0.25, 0.3) is 0 Å². The molecule has 4 nitrogen and oxygen atoms in total. The van der Waals surface area contributed by atoms with Gasteiger partial charge >= 0.3 is 11.9 Å². The van der Waals surface area contributed by atoms with E-state index < -0.39 is 17.9 Å². The average molecular weight is 220 g/mol. The van der Waals surface area contributed by atoms with Crippen LogP contribution in [0.3, 0.4) is 0 Å². The standard InChI is InChI=1S/C12H12O4/c13-11(14)8-4-7-10(12(15)16)9-5-2-1-3-6-9/h1-6,8,10H,7H2,(H,13,14)(H,15,16)/b8-4+. The first-order valence-corrected chi connectivity index (χ1v) is 4.78. The molecule has 16 heavy (non-hydrogen) atoms. The first-order valence-electron chi connectivity index (χ1n) is 4.78. The van der Waals surface area contributed by atoms with Crippen molar-refractivity contribution < 1.29 is 19.8 Å². The van der Waals surface area contributed by atoms with Gasteiger partial charge in [0, 0.05) is 6.08 Å². The van der Waals surface area contributed by atoms with Gasteiger partial charge in [-0.15, -0.1) is 0 Å². The maximum Gasteiger partial charge on any atom is 0.327 e. The summed E-state index contributed by atoms with van der Waals surface area (Å²) in [6.07, 6.45) is 2.48. The van der Waals surface area contributed by atoms with Crippen LogP contribution < -0.4 is 0 Å². The zero-order valence-corrected chi connectivity index (χ0v) is 8.54. The third-order valence-corrected chi connectivity index (χ3v) is 2.13. The first kappa shape index (κ1) is 12.0. The van der Waals surface area contributed by atoms with Crippen molar-refractivity contribution in [1.82, 2.24) is 0 Å². The lowest BCUT2D eigenvalue weighted by Gasteiger charge is -2.09. The number of aliphatic carboxylic acids is 2. The molecule has 0 saturated heterocycles. The number of allylic oxidation sites excluding steroid dienone is 1. The molecule has 0 aliphatic heterocycles. The normalized spacial score (nSPS) is 12.5. The molecule has 0 bridgehead atoms. The fourth-order valence-corrected chi connectivity index (χ4v) is 1.37. The molecule has 0 aliphatic carbocycles. The van der Waals surface area contributed by atoms with Crippen molar-refractivity contribution in [2.24, 2.45) is 0 Å². The van der Waals surface area contributed by atoms with Crippen molar-refractivity contribution in [1.29, 1.82) is 0 Å². The average Bonchev–Trinajstić information content (AvgIpc) is 2.25. The summed E-state index contributed by atoms with van der Waals surface area (Å²) in [5.74, 6) is -2.73. The molecule has 4 heteroatoms. The van der Waals surface area contributed by atoms with Gasteiger partial charge in [0.2, 0.25) is 0 Å². The molecule has 0 aromatic heterocycles. The van der Waals surface area contributed by atoms with E-state index in [9.17, 15) is 9.59 Å². The first-order chi connectivity index (χ1) is 7.61. The van der Waals surface area contributed by atoms with E-state index in [0.29, 0.717) is 5.56 Å². The van der Waals surface area contributed by atoms with Crippen LogP contribution in [0.2, 0.25) is 0 Å². The summed E-state index contributed by atoms with van der Waals surface area (Å²) in [7, 11) is 0. The lowest BCUT2D eigenvalue weighted by Crippen LogP contribution is -2.10. The number of hydrogen-bond donors (Lipinski definition) is 2. The SMILES string of the molecule is O=C(O)/C=C/CC(C(=O)O)c1ccccc1. The monoisotopic (exact) mass is 220 g/mol. The van der Waals surface area contributed by atoms with Crippen LogP contribution in [-0.4, -0.2) is 22.2 Å². The van der Waals surface area contributed by atoms with Crippen molar-refractivity contribution in [3.05, 3.63) is 48.0 Å². The van der Waals surface area contributed by atoms with Crippen LogP contribution in [0.1, 0.15) is 17.9 Å². The highest BCUT2D eigenvalue weighted by molar-refractivity contribution is 5.80. The van der Waals surface area contributed by atoms with Gasteiger partial charge in [0.15, 0.2) is 0 Å². The van der Waals surface area contributed by atoms with Crippen molar-refractivity contribution in [2.75, 3.05) is 0 Å². The fraction of sp³-hybridized carbons (Fsp3) is 0.167. The lowest BCUT2D eigenvalue weighted by atomic mass is 9.96. The largest absolute Gasteiger partial charge is 0.481 e. The van der Waals surface area contributed by atoms with Gasteiger partial charge in [-0.1, -0.05) is 36.4 Å². The molecular weight excluding hydrogens is 208 g/mol. The van der Waals surface area contributed by atoms with Crippen molar-refractivity contribution in [3.63, 3.8) is 0 Å². The minimum absolute atomic E-state index is 0.172. The molecule has 2 N–H and O–H groups in total. The summed E-state index contributed by atoms with van der Waals surface area (Å²) in [5.41, 5.74) is 0.671. The molecule has 1 rings (SSSR count). The van der Waals surface area contributed by atoms with E-state index in [1.54, 1.807) is 30.3 Å². The van der Waals surface area contributed by atoms with Gasteiger partial charge in [0.05, 0.1) is 5.92 Å². The number of carboxylic acid groups (broad SMARTS) is 2. The molecule has 0 heterocycles. The van der Waals surface area contributed by atoms with Gasteiger partial charge in [0.1, 0.15) is 0 Å². The maximum absolute atomic E-state index is 11.0. The summed E-state index contributed by atoms with van der Waals surface area (Å²) >= 11 is 0. The van der Waals surface area contributed by atoms with Crippen molar-refractivity contribution >= 4 is 11.9 Å². The zero-order valence-electron chi connectivity index (χ0n) is 8.54. The van der Waals surface area contributed by atoms with Gasteiger partial charge in [-0.05, 0) is 12.0 Å². The number of benzene rings is 1. The van der Waals surface area contributed by atoms with Crippen LogP contribution in [0.4, 0.5) is 0 Å². The Kier molecular flexibility index (Phi) is 4.27. The Morgan fingerprint density at radius 2 is 1.81 bits per heavy atom. The van der Waals surface area contributed by atoms with E-state index in [2.05, 4.69) is 0 Å². The fourth-order valence-electron chi connectivity index (χ4n) is 1.37. The van der Waals surface area contributed by atoms with Crippen molar-refractivity contribution in [2.45, 2.75) is 12.3 Å². The molecule has 0 aliphatic rings. The third-order valence-electron chi connectivity index (χ3n) is 2.13. The topological polar surface area (TPSA) is 74.6 Å². The van der Waals surface area contributed by atoms with E-state index in [-0.39, 0.29) is 6.42 Å². The Hall–Kier alpha value is -2.10. The van der Waals surface area contributed by atoms with Crippen LogP contribution >= 0.6 is 0 Å². The summed E-state index contributed by atoms with van der Waals surface area (Å²) < 4.78 is 0. The van der Waals surface area contributed by atoms with Crippen LogP contribution in [-0.2, 0) is 9.59 Å². The smallest absolute Gasteiger partial charge is 0.327 e. The van der Waals surface area contributed by atoms with Gasteiger partial charge < -0.3 is 10.2 Å². The summed E-state index contributed by atoms with van der Waals surface area (Å²) in [6.45, 7) is 0. The van der Waals surface area contributed by atoms with E-state index in [1.165, 1.54) is 6.08 Å². The predicted octanol–water partition coefficient (Wildman–Crippen LogP) is 1.89. The highest BCUT2D eigenvalue weighted by Gasteiger charge is 2.17. The predicted molar refractivity (Wildman–Crippen MR) is 58.2 cm³/mol. The van der Waals surface area contributed by atoms with Gasteiger partial charge in [-0.3, -0.25) is 4.79 Å². The Labute approximate surface area is 92.8 Å². The Morgan fingerprint density at radius 1 is 1.19 bits per heavy atom. The molecule has 0 fully saturated rings. The molecule has 1 unspecified atom stereocenters. The minimum Gasteiger partial charge on any atom is -0.481 e. The molecule has 0 saturated carbocycles. The van der Waals surface area contributed by atoms with E-state index >= 15 is 0 Å². The molecule has 1 aromatic rings. The van der Waals surface area contributed by atoms with Crippen molar-refractivity contribution in [3.8, 4) is 0 Å². The third kappa shape index (κ3) is 3.57. The Morgan fingerprint density at radius 3 is 2.31 bits per heavy atom. The summed E-state index contributed by atoms with van der Waals surface area (Å²) in [4.78, 5) is 21.2.